The van der Waals surface area contributed by atoms with Gasteiger partial charge < -0.3 is 5.73 Å². The van der Waals surface area contributed by atoms with Crippen molar-refractivity contribution in [2.24, 2.45) is 0 Å². The highest BCUT2D eigenvalue weighted by Gasteiger charge is 2.12. The fraction of sp³-hybridized carbons (Fsp3) is 0. The van der Waals surface area contributed by atoms with Gasteiger partial charge in [0.15, 0.2) is 5.13 Å². The van der Waals surface area contributed by atoms with Crippen molar-refractivity contribution < 1.29 is 0 Å². The van der Waals surface area contributed by atoms with Gasteiger partial charge in [0.25, 0.3) is 0 Å². The van der Waals surface area contributed by atoms with Gasteiger partial charge in [-0.25, -0.2) is 4.98 Å². The zero-order valence-electron chi connectivity index (χ0n) is 9.58. The lowest BCUT2D eigenvalue weighted by Crippen LogP contribution is -1.84. The number of rotatable bonds is 2. The molecule has 0 amide bonds. The van der Waals surface area contributed by atoms with Crippen molar-refractivity contribution in [1.29, 1.82) is 0 Å². The summed E-state index contributed by atoms with van der Waals surface area (Å²) in [6.07, 6.45) is 3.53. The number of nitrogens with two attached hydrogens (primary N) is 1. The summed E-state index contributed by atoms with van der Waals surface area (Å²) in [5.74, 6) is 0. The number of hydrogen-bond donors (Lipinski definition) is 1. The van der Waals surface area contributed by atoms with E-state index in [0.717, 1.165) is 21.7 Å². The van der Waals surface area contributed by atoms with Crippen LogP contribution in [0.4, 0.5) is 5.13 Å². The SMILES string of the molecule is Nc1nc(-c2ccncc2)c(-c2ccccc2)s1. The summed E-state index contributed by atoms with van der Waals surface area (Å²) in [6.45, 7) is 0. The summed E-state index contributed by atoms with van der Waals surface area (Å²) in [5.41, 5.74) is 8.94. The number of benzene rings is 1. The van der Waals surface area contributed by atoms with Crippen LogP contribution in [0.3, 0.4) is 0 Å². The topological polar surface area (TPSA) is 51.8 Å². The molecule has 1 aromatic carbocycles. The molecule has 2 heterocycles. The van der Waals surface area contributed by atoms with Crippen LogP contribution in [0.15, 0.2) is 54.9 Å². The van der Waals surface area contributed by atoms with Crippen LogP contribution in [-0.2, 0) is 0 Å². The van der Waals surface area contributed by atoms with Gasteiger partial charge in [0.2, 0.25) is 0 Å². The molecule has 0 saturated carbocycles. The van der Waals surface area contributed by atoms with Gasteiger partial charge in [0.05, 0.1) is 10.6 Å². The van der Waals surface area contributed by atoms with Gasteiger partial charge in [0, 0.05) is 18.0 Å². The summed E-state index contributed by atoms with van der Waals surface area (Å²) < 4.78 is 0. The fourth-order valence-corrected chi connectivity index (χ4v) is 2.69. The molecular weight excluding hydrogens is 242 g/mol. The molecule has 3 nitrogen and oxygen atoms in total. The van der Waals surface area contributed by atoms with Gasteiger partial charge in [-0.3, -0.25) is 4.98 Å². The average Bonchev–Trinajstić information content (AvgIpc) is 2.83. The van der Waals surface area contributed by atoms with Crippen LogP contribution in [-0.4, -0.2) is 9.97 Å². The smallest absolute Gasteiger partial charge is 0.181 e. The van der Waals surface area contributed by atoms with Crippen LogP contribution < -0.4 is 5.73 Å². The third kappa shape index (κ3) is 1.98. The molecule has 0 saturated heterocycles. The number of hydrogen-bond acceptors (Lipinski definition) is 4. The highest BCUT2D eigenvalue weighted by molar-refractivity contribution is 7.19. The number of nitrogen functional groups attached to an aromatic ring is 1. The van der Waals surface area contributed by atoms with Crippen molar-refractivity contribution in [2.75, 3.05) is 5.73 Å². The predicted octanol–water partition coefficient (Wildman–Crippen LogP) is 3.45. The maximum Gasteiger partial charge on any atom is 0.181 e. The normalized spacial score (nSPS) is 10.4. The average molecular weight is 253 g/mol. The van der Waals surface area contributed by atoms with E-state index in [9.17, 15) is 0 Å². The van der Waals surface area contributed by atoms with E-state index in [4.69, 9.17) is 5.73 Å². The second kappa shape index (κ2) is 4.58. The maximum absolute atomic E-state index is 5.85. The Labute approximate surface area is 109 Å². The van der Waals surface area contributed by atoms with Gasteiger partial charge in [0.1, 0.15) is 0 Å². The molecule has 3 aromatic rings. The first-order valence-corrected chi connectivity index (χ1v) is 6.38. The second-order valence-corrected chi connectivity index (χ2v) is 4.86. The Kier molecular flexibility index (Phi) is 2.78. The van der Waals surface area contributed by atoms with Gasteiger partial charge in [-0.1, -0.05) is 41.7 Å². The molecule has 0 fully saturated rings. The van der Waals surface area contributed by atoms with E-state index in [1.165, 1.54) is 11.3 Å². The van der Waals surface area contributed by atoms with Crippen LogP contribution in [0.5, 0.6) is 0 Å². The lowest BCUT2D eigenvalue weighted by atomic mass is 10.1. The molecule has 88 valence electrons. The first-order chi connectivity index (χ1) is 8.84. The van der Waals surface area contributed by atoms with Gasteiger partial charge in [-0.2, -0.15) is 0 Å². The minimum absolute atomic E-state index is 0.584. The maximum atomic E-state index is 5.85. The van der Waals surface area contributed by atoms with E-state index >= 15 is 0 Å². The lowest BCUT2D eigenvalue weighted by Gasteiger charge is -2.01. The number of anilines is 1. The molecule has 0 radical (unpaired) electrons. The zero-order valence-corrected chi connectivity index (χ0v) is 10.4. The number of thiazole rings is 1. The van der Waals surface area contributed by atoms with Crippen molar-refractivity contribution in [2.45, 2.75) is 0 Å². The fourth-order valence-electron chi connectivity index (χ4n) is 1.83. The lowest BCUT2D eigenvalue weighted by molar-refractivity contribution is 1.31. The Hall–Kier alpha value is -2.20. The number of nitrogens with zero attached hydrogens (tertiary/aromatic N) is 2. The minimum atomic E-state index is 0.584. The van der Waals surface area contributed by atoms with E-state index < -0.39 is 0 Å². The second-order valence-electron chi connectivity index (χ2n) is 3.83. The Morgan fingerprint density at radius 2 is 1.61 bits per heavy atom. The standard InChI is InChI=1S/C14H11N3S/c15-14-17-12(10-6-8-16-9-7-10)13(18-14)11-4-2-1-3-5-11/h1-9H,(H2,15,17). The molecule has 4 heteroatoms. The number of aromatic nitrogens is 2. The van der Waals surface area contributed by atoms with Crippen molar-refractivity contribution in [3.63, 3.8) is 0 Å². The molecule has 18 heavy (non-hydrogen) atoms. The largest absolute Gasteiger partial charge is 0.375 e. The molecule has 0 atom stereocenters. The summed E-state index contributed by atoms with van der Waals surface area (Å²) in [6, 6.07) is 14.1. The molecule has 0 unspecified atom stereocenters. The van der Waals surface area contributed by atoms with E-state index in [1.807, 2.05) is 30.3 Å². The Bertz CT molecular complexity index is 590. The summed E-state index contributed by atoms with van der Waals surface area (Å²) in [7, 11) is 0. The molecule has 2 aromatic heterocycles. The van der Waals surface area contributed by atoms with Gasteiger partial charge >= 0.3 is 0 Å². The van der Waals surface area contributed by atoms with E-state index in [2.05, 4.69) is 22.1 Å². The quantitative estimate of drug-likeness (QED) is 0.761. The van der Waals surface area contributed by atoms with Crippen molar-refractivity contribution in [1.82, 2.24) is 9.97 Å². The van der Waals surface area contributed by atoms with E-state index in [0.29, 0.717) is 5.13 Å². The van der Waals surface area contributed by atoms with E-state index in [1.54, 1.807) is 12.4 Å². The first-order valence-electron chi connectivity index (χ1n) is 5.57. The molecule has 0 aliphatic heterocycles. The third-order valence-electron chi connectivity index (χ3n) is 2.63. The van der Waals surface area contributed by atoms with Crippen LogP contribution in [0.25, 0.3) is 21.7 Å². The van der Waals surface area contributed by atoms with E-state index in [-0.39, 0.29) is 0 Å². The Balaban J connectivity index is 2.17. The Morgan fingerprint density at radius 3 is 2.33 bits per heavy atom. The van der Waals surface area contributed by atoms with Crippen molar-refractivity contribution in [3.8, 4) is 21.7 Å². The molecular formula is C14H11N3S. The molecule has 0 bridgehead atoms. The first kappa shape index (κ1) is 10.9. The van der Waals surface area contributed by atoms with Gasteiger partial charge in [-0.15, -0.1) is 0 Å². The molecule has 0 aliphatic rings. The van der Waals surface area contributed by atoms with Crippen LogP contribution in [0.2, 0.25) is 0 Å². The van der Waals surface area contributed by atoms with Crippen LogP contribution in [0, 0.1) is 0 Å². The summed E-state index contributed by atoms with van der Waals surface area (Å²) >= 11 is 1.51. The van der Waals surface area contributed by atoms with Crippen LogP contribution in [0.1, 0.15) is 0 Å². The summed E-state index contributed by atoms with van der Waals surface area (Å²) in [4.78, 5) is 9.55. The number of pyridine rings is 1. The van der Waals surface area contributed by atoms with Gasteiger partial charge in [-0.05, 0) is 17.7 Å². The zero-order chi connectivity index (χ0) is 12.4. The van der Waals surface area contributed by atoms with Crippen molar-refractivity contribution >= 4 is 16.5 Å². The highest BCUT2D eigenvalue weighted by Crippen LogP contribution is 2.37. The summed E-state index contributed by atoms with van der Waals surface area (Å²) in [5, 5.41) is 0.584. The molecule has 0 spiro atoms. The molecule has 0 aliphatic carbocycles. The Morgan fingerprint density at radius 1 is 0.889 bits per heavy atom. The highest BCUT2D eigenvalue weighted by atomic mass is 32.1. The van der Waals surface area contributed by atoms with Crippen LogP contribution >= 0.6 is 11.3 Å². The molecule has 2 N–H and O–H groups in total. The predicted molar refractivity (Wildman–Crippen MR) is 75.2 cm³/mol. The third-order valence-corrected chi connectivity index (χ3v) is 3.57. The van der Waals surface area contributed by atoms with Crippen molar-refractivity contribution in [3.05, 3.63) is 54.9 Å². The minimum Gasteiger partial charge on any atom is -0.375 e. The monoisotopic (exact) mass is 253 g/mol. The molecule has 3 rings (SSSR count).